The molecule has 3 rings (SSSR count). The van der Waals surface area contributed by atoms with E-state index in [0.29, 0.717) is 12.5 Å². The second-order valence-corrected chi connectivity index (χ2v) is 11.2. The van der Waals surface area contributed by atoms with Crippen LogP contribution in [0.1, 0.15) is 83.6 Å². The van der Waals surface area contributed by atoms with Crippen molar-refractivity contribution in [1.82, 2.24) is 4.90 Å². The fraction of sp³-hybridized carbons (Fsp3) is 0.708. The van der Waals surface area contributed by atoms with Crippen molar-refractivity contribution in [2.75, 3.05) is 6.54 Å². The predicted octanol–water partition coefficient (Wildman–Crippen LogP) is 6.42. The van der Waals surface area contributed by atoms with Crippen molar-refractivity contribution < 1.29 is 15.0 Å². The molecule has 1 saturated heterocycles. The van der Waals surface area contributed by atoms with Crippen molar-refractivity contribution >= 4 is 22.0 Å². The van der Waals surface area contributed by atoms with E-state index in [1.807, 2.05) is 6.07 Å². The number of carboxylic acid groups (broad SMARTS) is 1. The van der Waals surface area contributed by atoms with Gasteiger partial charge in [-0.15, -0.1) is 0 Å². The zero-order chi connectivity index (χ0) is 21.2. The lowest BCUT2D eigenvalue weighted by molar-refractivity contribution is -0.0350. The molecule has 0 aromatic heterocycles. The molecular weight excluding hydrogens is 430 g/mol. The van der Waals surface area contributed by atoms with E-state index < -0.39 is 11.7 Å². The van der Waals surface area contributed by atoms with Gasteiger partial charge < -0.3 is 15.1 Å². The van der Waals surface area contributed by atoms with E-state index in [9.17, 15) is 15.0 Å². The average molecular weight is 466 g/mol. The lowest BCUT2D eigenvalue weighted by Gasteiger charge is -2.47. The summed E-state index contributed by atoms with van der Waals surface area (Å²) in [6.07, 6.45) is 6.96. The zero-order valence-corrected chi connectivity index (χ0v) is 19.6. The molecule has 0 bridgehead atoms. The van der Waals surface area contributed by atoms with Gasteiger partial charge in [-0.3, -0.25) is 0 Å². The lowest BCUT2D eigenvalue weighted by atomic mass is 9.67. The molecular formula is C24H36BrNO3. The van der Waals surface area contributed by atoms with Gasteiger partial charge in [-0.2, -0.15) is 0 Å². The summed E-state index contributed by atoms with van der Waals surface area (Å²) in [5.74, 6) is 0.520. The van der Waals surface area contributed by atoms with E-state index in [4.69, 9.17) is 0 Å². The summed E-state index contributed by atoms with van der Waals surface area (Å²) in [4.78, 5) is 13.4. The van der Waals surface area contributed by atoms with E-state index >= 15 is 0 Å². The molecule has 2 aliphatic rings. The minimum atomic E-state index is -0.808. The Hall–Kier alpha value is -1.07. The summed E-state index contributed by atoms with van der Waals surface area (Å²) in [6.45, 7) is 6.99. The summed E-state index contributed by atoms with van der Waals surface area (Å²) >= 11 is 3.60. The summed E-state index contributed by atoms with van der Waals surface area (Å²) in [5.41, 5.74) is 0.460. The number of nitrogens with zero attached hydrogens (tertiary/aromatic N) is 1. The van der Waals surface area contributed by atoms with Gasteiger partial charge in [-0.25, -0.2) is 4.79 Å². The molecule has 4 nitrogen and oxygen atoms in total. The number of benzene rings is 1. The number of carbonyl (C=O) groups is 1. The van der Waals surface area contributed by atoms with Crippen LogP contribution in [0.25, 0.3) is 0 Å². The van der Waals surface area contributed by atoms with Crippen molar-refractivity contribution in [2.24, 2.45) is 11.3 Å². The van der Waals surface area contributed by atoms with Gasteiger partial charge in [0.05, 0.1) is 5.60 Å². The Morgan fingerprint density at radius 2 is 1.97 bits per heavy atom. The monoisotopic (exact) mass is 465 g/mol. The molecule has 0 radical (unpaired) electrons. The van der Waals surface area contributed by atoms with Crippen molar-refractivity contribution in [2.45, 2.75) is 89.7 Å². The first-order chi connectivity index (χ1) is 13.6. The van der Waals surface area contributed by atoms with Gasteiger partial charge in [0.25, 0.3) is 0 Å². The van der Waals surface area contributed by atoms with Gasteiger partial charge >= 0.3 is 6.09 Å². The van der Waals surface area contributed by atoms with Crippen LogP contribution < -0.4 is 0 Å². The standard InChI is InChI=1S/C24H36BrNO3/c1-23(2,3)21-15-17(10-13-26(21)22(27)28)14-20(18-8-7-9-19(25)16-18)24(29)11-5-4-6-12-24/h7-9,16-17,20-21,29H,4-6,10-15H2,1-3H3,(H,27,28). The molecule has 2 fully saturated rings. The number of amides is 1. The number of hydrogen-bond donors (Lipinski definition) is 2. The van der Waals surface area contributed by atoms with Gasteiger partial charge in [0.1, 0.15) is 0 Å². The highest BCUT2D eigenvalue weighted by atomic mass is 79.9. The minimum Gasteiger partial charge on any atom is -0.465 e. The highest BCUT2D eigenvalue weighted by Gasteiger charge is 2.43. The quantitative estimate of drug-likeness (QED) is 0.538. The van der Waals surface area contributed by atoms with Gasteiger partial charge in [0, 0.05) is 23.0 Å². The molecule has 1 aliphatic heterocycles. The largest absolute Gasteiger partial charge is 0.465 e. The average Bonchev–Trinajstić information content (AvgIpc) is 2.65. The van der Waals surface area contributed by atoms with Crippen LogP contribution in [0.5, 0.6) is 0 Å². The number of rotatable bonds is 4. The van der Waals surface area contributed by atoms with Crippen molar-refractivity contribution in [3.05, 3.63) is 34.3 Å². The molecule has 3 atom stereocenters. The maximum Gasteiger partial charge on any atom is 0.407 e. The molecule has 1 aromatic carbocycles. The van der Waals surface area contributed by atoms with Gasteiger partial charge in [0.2, 0.25) is 0 Å². The first kappa shape index (κ1) is 22.6. The Balaban J connectivity index is 1.85. The SMILES string of the molecule is CC(C)(C)C1CC(CC(c2cccc(Br)c2)C2(O)CCCCC2)CCN1C(=O)O. The van der Waals surface area contributed by atoms with Crippen LogP contribution in [0.2, 0.25) is 0 Å². The second-order valence-electron chi connectivity index (χ2n) is 10.3. The smallest absolute Gasteiger partial charge is 0.407 e. The topological polar surface area (TPSA) is 60.8 Å². The first-order valence-corrected chi connectivity index (χ1v) is 11.9. The van der Waals surface area contributed by atoms with Crippen LogP contribution in [0.15, 0.2) is 28.7 Å². The summed E-state index contributed by atoms with van der Waals surface area (Å²) in [7, 11) is 0. The van der Waals surface area contributed by atoms with Gasteiger partial charge in [0.15, 0.2) is 0 Å². The Morgan fingerprint density at radius 3 is 2.55 bits per heavy atom. The van der Waals surface area contributed by atoms with Crippen molar-refractivity contribution in [1.29, 1.82) is 0 Å². The minimum absolute atomic E-state index is 0.0166. The Bertz CT molecular complexity index is 708. The Morgan fingerprint density at radius 1 is 1.28 bits per heavy atom. The van der Waals surface area contributed by atoms with Crippen LogP contribution in [-0.2, 0) is 0 Å². The maximum absolute atomic E-state index is 11.8. The normalized spacial score (nSPS) is 26.2. The highest BCUT2D eigenvalue weighted by molar-refractivity contribution is 9.10. The molecule has 0 spiro atoms. The summed E-state index contributed by atoms with van der Waals surface area (Å²) < 4.78 is 1.05. The number of likely N-dealkylation sites (tertiary alicyclic amines) is 1. The van der Waals surface area contributed by atoms with E-state index in [-0.39, 0.29) is 17.4 Å². The number of piperidine rings is 1. The van der Waals surface area contributed by atoms with E-state index in [0.717, 1.165) is 49.4 Å². The molecule has 2 N–H and O–H groups in total. The fourth-order valence-electron chi connectivity index (χ4n) is 5.54. The van der Waals surface area contributed by atoms with E-state index in [2.05, 4.69) is 54.9 Å². The first-order valence-electron chi connectivity index (χ1n) is 11.1. The van der Waals surface area contributed by atoms with Gasteiger partial charge in [-0.1, -0.05) is 68.1 Å². The molecule has 1 saturated carbocycles. The van der Waals surface area contributed by atoms with Crippen molar-refractivity contribution in [3.8, 4) is 0 Å². The third-order valence-electron chi connectivity index (χ3n) is 7.14. The fourth-order valence-corrected chi connectivity index (χ4v) is 5.95. The third kappa shape index (κ3) is 5.35. The third-order valence-corrected chi connectivity index (χ3v) is 7.64. The molecule has 1 amide bonds. The van der Waals surface area contributed by atoms with Crippen LogP contribution in [0.4, 0.5) is 4.79 Å². The Labute approximate surface area is 183 Å². The molecule has 1 aliphatic carbocycles. The highest BCUT2D eigenvalue weighted by Crippen LogP contribution is 2.46. The van der Waals surface area contributed by atoms with Crippen LogP contribution >= 0.6 is 15.9 Å². The van der Waals surface area contributed by atoms with Crippen LogP contribution in [0, 0.1) is 11.3 Å². The van der Waals surface area contributed by atoms with E-state index in [1.54, 1.807) is 4.90 Å². The van der Waals surface area contributed by atoms with Crippen LogP contribution in [0.3, 0.4) is 0 Å². The predicted molar refractivity (Wildman–Crippen MR) is 120 cm³/mol. The Kier molecular flexibility index (Phi) is 6.99. The molecule has 1 aromatic rings. The molecule has 1 heterocycles. The van der Waals surface area contributed by atoms with E-state index in [1.165, 1.54) is 12.0 Å². The second kappa shape index (κ2) is 8.97. The van der Waals surface area contributed by atoms with Crippen molar-refractivity contribution in [3.63, 3.8) is 0 Å². The number of aliphatic hydroxyl groups is 1. The number of hydrogen-bond acceptors (Lipinski definition) is 2. The summed E-state index contributed by atoms with van der Waals surface area (Å²) in [6, 6.07) is 8.42. The van der Waals surface area contributed by atoms with Crippen LogP contribution in [-0.4, -0.2) is 39.4 Å². The maximum atomic E-state index is 11.8. The number of halogens is 1. The molecule has 3 unspecified atom stereocenters. The molecule has 162 valence electrons. The van der Waals surface area contributed by atoms with Gasteiger partial charge in [-0.05, 0) is 61.1 Å². The summed E-state index contributed by atoms with van der Waals surface area (Å²) in [5, 5.41) is 21.3. The zero-order valence-electron chi connectivity index (χ0n) is 18.0. The molecule has 29 heavy (non-hydrogen) atoms. The lowest BCUT2D eigenvalue weighted by Crippen LogP contribution is -2.52. The molecule has 5 heteroatoms.